The Morgan fingerprint density at radius 2 is 2.30 bits per heavy atom. The van der Waals surface area contributed by atoms with E-state index >= 15 is 0 Å². The molecule has 0 unspecified atom stereocenters. The maximum atomic E-state index is 12.4. The second-order valence-corrected chi connectivity index (χ2v) is 5.86. The summed E-state index contributed by atoms with van der Waals surface area (Å²) in [5.74, 6) is 0.981. The molecule has 3 rings (SSSR count). The van der Waals surface area contributed by atoms with Gasteiger partial charge in [-0.3, -0.25) is 9.78 Å². The number of hydrogen-bond donors (Lipinski definition) is 0. The minimum absolute atomic E-state index is 0.0979. The fourth-order valence-electron chi connectivity index (χ4n) is 2.53. The van der Waals surface area contributed by atoms with E-state index < -0.39 is 0 Å². The molecule has 0 saturated heterocycles. The van der Waals surface area contributed by atoms with Gasteiger partial charge in [-0.1, -0.05) is 15.9 Å². The lowest BCUT2D eigenvalue weighted by Crippen LogP contribution is -2.07. The molecule has 1 aliphatic rings. The molecular weight excluding hydrogens is 318 g/mol. The van der Waals surface area contributed by atoms with Crippen LogP contribution in [0.15, 0.2) is 35.1 Å². The molecule has 3 nitrogen and oxygen atoms in total. The number of ether oxygens (including phenoxy) is 1. The first-order chi connectivity index (χ1) is 9.65. The molecule has 0 radical (unpaired) electrons. The van der Waals surface area contributed by atoms with Gasteiger partial charge in [-0.05, 0) is 36.2 Å². The molecule has 0 N–H and O–H groups in total. The Hall–Kier alpha value is -1.68. The summed E-state index contributed by atoms with van der Waals surface area (Å²) in [6.07, 6.45) is 4.63. The zero-order valence-corrected chi connectivity index (χ0v) is 12.7. The number of pyridine rings is 1. The second kappa shape index (κ2) is 5.37. The van der Waals surface area contributed by atoms with Crippen molar-refractivity contribution in [1.29, 1.82) is 0 Å². The molecule has 0 amide bonds. The van der Waals surface area contributed by atoms with Crippen molar-refractivity contribution in [3.8, 4) is 5.75 Å². The van der Waals surface area contributed by atoms with Gasteiger partial charge in [0.2, 0.25) is 0 Å². The van der Waals surface area contributed by atoms with Gasteiger partial charge < -0.3 is 4.74 Å². The molecule has 1 aromatic heterocycles. The number of carbonyl (C=O) groups excluding carboxylic acids is 1. The van der Waals surface area contributed by atoms with Gasteiger partial charge in [0.05, 0.1) is 6.61 Å². The third-order valence-corrected chi connectivity index (χ3v) is 3.95. The minimum atomic E-state index is 0.0979. The van der Waals surface area contributed by atoms with Crippen LogP contribution in [0.3, 0.4) is 0 Å². The van der Waals surface area contributed by atoms with Crippen LogP contribution < -0.4 is 4.74 Å². The largest absolute Gasteiger partial charge is 0.493 e. The number of fused-ring (bicyclic) bond motifs is 1. The predicted octanol–water partition coefficient (Wildman–Crippen LogP) is 3.51. The Morgan fingerprint density at radius 3 is 3.10 bits per heavy atom. The Balaban J connectivity index is 1.93. The van der Waals surface area contributed by atoms with E-state index in [1.807, 2.05) is 13.0 Å². The SMILES string of the molecule is Cc1cnccc1C(=O)Cc1cc(Br)cc2c1OCC2. The van der Waals surface area contributed by atoms with Crippen molar-refractivity contribution in [1.82, 2.24) is 4.98 Å². The van der Waals surface area contributed by atoms with Gasteiger partial charge in [0.15, 0.2) is 5.78 Å². The van der Waals surface area contributed by atoms with Gasteiger partial charge >= 0.3 is 0 Å². The molecule has 0 spiro atoms. The summed E-state index contributed by atoms with van der Waals surface area (Å²) in [5.41, 5.74) is 3.76. The Labute approximate surface area is 126 Å². The molecule has 4 heteroatoms. The van der Waals surface area contributed by atoms with Crippen LogP contribution in [-0.2, 0) is 12.8 Å². The number of rotatable bonds is 3. The summed E-state index contributed by atoms with van der Waals surface area (Å²) < 4.78 is 6.66. The molecule has 0 bridgehead atoms. The van der Waals surface area contributed by atoms with Gasteiger partial charge in [-0.2, -0.15) is 0 Å². The van der Waals surface area contributed by atoms with Crippen molar-refractivity contribution in [3.05, 3.63) is 57.3 Å². The standard InChI is InChI=1S/C16H14BrNO2/c1-10-9-18-4-2-14(10)15(19)8-12-7-13(17)6-11-3-5-20-16(11)12/h2,4,6-7,9H,3,5,8H2,1H3. The number of halogens is 1. The van der Waals surface area contributed by atoms with Crippen LogP contribution >= 0.6 is 15.9 Å². The van der Waals surface area contributed by atoms with Gasteiger partial charge in [0, 0.05) is 40.8 Å². The molecule has 0 atom stereocenters. The predicted molar refractivity (Wildman–Crippen MR) is 80.3 cm³/mol. The van der Waals surface area contributed by atoms with Crippen LogP contribution in [0.1, 0.15) is 27.0 Å². The van der Waals surface area contributed by atoms with Crippen molar-refractivity contribution in [2.75, 3.05) is 6.61 Å². The van der Waals surface area contributed by atoms with E-state index in [2.05, 4.69) is 27.0 Å². The molecule has 102 valence electrons. The number of hydrogen-bond acceptors (Lipinski definition) is 3. The van der Waals surface area contributed by atoms with E-state index in [0.717, 1.165) is 33.3 Å². The zero-order chi connectivity index (χ0) is 14.1. The van der Waals surface area contributed by atoms with E-state index in [4.69, 9.17) is 4.74 Å². The van der Waals surface area contributed by atoms with Crippen LogP contribution in [-0.4, -0.2) is 17.4 Å². The monoisotopic (exact) mass is 331 g/mol. The second-order valence-electron chi connectivity index (χ2n) is 4.94. The zero-order valence-electron chi connectivity index (χ0n) is 11.1. The van der Waals surface area contributed by atoms with Gasteiger partial charge in [0.1, 0.15) is 5.75 Å². The molecule has 1 aromatic carbocycles. The molecule has 2 aromatic rings. The molecule has 0 aliphatic carbocycles. The third kappa shape index (κ3) is 2.48. The molecule has 0 fully saturated rings. The summed E-state index contributed by atoms with van der Waals surface area (Å²) in [6.45, 7) is 2.60. The van der Waals surface area contributed by atoms with Crippen molar-refractivity contribution >= 4 is 21.7 Å². The lowest BCUT2D eigenvalue weighted by Gasteiger charge is -2.09. The van der Waals surface area contributed by atoms with Crippen LogP contribution in [0.5, 0.6) is 5.75 Å². The maximum Gasteiger partial charge on any atom is 0.167 e. The summed E-state index contributed by atoms with van der Waals surface area (Å²) >= 11 is 3.50. The average Bonchev–Trinajstić information content (AvgIpc) is 2.87. The number of aromatic nitrogens is 1. The van der Waals surface area contributed by atoms with Gasteiger partial charge in [0.25, 0.3) is 0 Å². The number of Topliss-reactive ketones (excluding diaryl/α,β-unsaturated/α-hetero) is 1. The Kier molecular flexibility index (Phi) is 3.57. The van der Waals surface area contributed by atoms with E-state index in [1.54, 1.807) is 18.5 Å². The quantitative estimate of drug-likeness (QED) is 0.808. The first kappa shape index (κ1) is 13.3. The van der Waals surface area contributed by atoms with Crippen molar-refractivity contribution < 1.29 is 9.53 Å². The summed E-state index contributed by atoms with van der Waals surface area (Å²) in [7, 11) is 0. The first-order valence-electron chi connectivity index (χ1n) is 6.53. The maximum absolute atomic E-state index is 12.4. The average molecular weight is 332 g/mol. The minimum Gasteiger partial charge on any atom is -0.493 e. The Bertz CT molecular complexity index is 682. The van der Waals surface area contributed by atoms with Crippen LogP contribution in [0, 0.1) is 6.92 Å². The highest BCUT2D eigenvalue weighted by Crippen LogP contribution is 2.33. The van der Waals surface area contributed by atoms with Gasteiger partial charge in [-0.25, -0.2) is 0 Å². The van der Waals surface area contributed by atoms with Crippen LogP contribution in [0.2, 0.25) is 0 Å². The summed E-state index contributed by atoms with van der Waals surface area (Å²) in [5, 5.41) is 0. The molecule has 20 heavy (non-hydrogen) atoms. The highest BCUT2D eigenvalue weighted by molar-refractivity contribution is 9.10. The molecule has 2 heterocycles. The lowest BCUT2D eigenvalue weighted by molar-refractivity contribution is 0.0991. The van der Waals surface area contributed by atoms with Crippen molar-refractivity contribution in [3.63, 3.8) is 0 Å². The number of benzene rings is 1. The van der Waals surface area contributed by atoms with E-state index in [0.29, 0.717) is 13.0 Å². The van der Waals surface area contributed by atoms with Crippen LogP contribution in [0.25, 0.3) is 0 Å². The number of aryl methyl sites for hydroxylation is 1. The lowest BCUT2D eigenvalue weighted by atomic mass is 9.98. The van der Waals surface area contributed by atoms with E-state index in [9.17, 15) is 4.79 Å². The first-order valence-corrected chi connectivity index (χ1v) is 7.32. The van der Waals surface area contributed by atoms with Crippen LogP contribution in [0.4, 0.5) is 0 Å². The highest BCUT2D eigenvalue weighted by Gasteiger charge is 2.20. The van der Waals surface area contributed by atoms with Crippen molar-refractivity contribution in [2.24, 2.45) is 0 Å². The fraction of sp³-hybridized carbons (Fsp3) is 0.250. The molecular formula is C16H14BrNO2. The summed E-state index contributed by atoms with van der Waals surface area (Å²) in [6, 6.07) is 5.81. The number of ketones is 1. The van der Waals surface area contributed by atoms with Gasteiger partial charge in [-0.15, -0.1) is 0 Å². The molecule has 0 saturated carbocycles. The van der Waals surface area contributed by atoms with E-state index in [-0.39, 0.29) is 5.78 Å². The number of nitrogens with zero attached hydrogens (tertiary/aromatic N) is 1. The van der Waals surface area contributed by atoms with Crippen molar-refractivity contribution in [2.45, 2.75) is 19.8 Å². The third-order valence-electron chi connectivity index (χ3n) is 3.50. The smallest absolute Gasteiger partial charge is 0.167 e. The highest BCUT2D eigenvalue weighted by atomic mass is 79.9. The topological polar surface area (TPSA) is 39.2 Å². The number of carbonyl (C=O) groups is 1. The normalized spacial score (nSPS) is 12.9. The summed E-state index contributed by atoms with van der Waals surface area (Å²) in [4.78, 5) is 16.5. The molecule has 1 aliphatic heterocycles. The Morgan fingerprint density at radius 1 is 1.45 bits per heavy atom. The fourth-order valence-corrected chi connectivity index (χ4v) is 3.08. The van der Waals surface area contributed by atoms with E-state index in [1.165, 1.54) is 5.56 Å².